The number of hydrogen-bond donors (Lipinski definition) is 2. The molecule has 2 rings (SSSR count). The van der Waals surface area contributed by atoms with E-state index in [4.69, 9.17) is 5.11 Å². The Labute approximate surface area is 98.9 Å². The number of carboxylic acids is 1. The van der Waals surface area contributed by atoms with Crippen molar-refractivity contribution in [3.8, 4) is 0 Å². The Kier molecular flexibility index (Phi) is 2.56. The SMILES string of the molecule is CC1(C)CC(=O)C2=C(C1)NC(=O)C[C@@H]2C(=O)O. The second-order valence-electron chi connectivity index (χ2n) is 5.48. The lowest BCUT2D eigenvalue weighted by Crippen LogP contribution is -2.43. The predicted molar refractivity (Wildman–Crippen MR) is 58.9 cm³/mol. The van der Waals surface area contributed by atoms with Crippen molar-refractivity contribution in [1.29, 1.82) is 0 Å². The van der Waals surface area contributed by atoms with E-state index >= 15 is 0 Å². The highest BCUT2D eigenvalue weighted by atomic mass is 16.4. The van der Waals surface area contributed by atoms with Crippen molar-refractivity contribution >= 4 is 17.7 Å². The summed E-state index contributed by atoms with van der Waals surface area (Å²) in [6, 6.07) is 0. The van der Waals surface area contributed by atoms with Gasteiger partial charge in [0, 0.05) is 24.1 Å². The Balaban J connectivity index is 2.46. The molecule has 5 heteroatoms. The molecule has 0 spiro atoms. The molecule has 0 aromatic rings. The quantitative estimate of drug-likeness (QED) is 0.708. The summed E-state index contributed by atoms with van der Waals surface area (Å²) in [5, 5.41) is 11.7. The fourth-order valence-electron chi connectivity index (χ4n) is 2.57. The van der Waals surface area contributed by atoms with Gasteiger partial charge in [-0.25, -0.2) is 0 Å². The van der Waals surface area contributed by atoms with Gasteiger partial charge >= 0.3 is 5.97 Å². The highest BCUT2D eigenvalue weighted by Gasteiger charge is 2.42. The lowest BCUT2D eigenvalue weighted by molar-refractivity contribution is -0.144. The number of carbonyl (C=O) groups is 3. The van der Waals surface area contributed by atoms with Gasteiger partial charge in [0.15, 0.2) is 5.78 Å². The molecule has 0 radical (unpaired) electrons. The van der Waals surface area contributed by atoms with Gasteiger partial charge in [-0.05, 0) is 11.8 Å². The minimum absolute atomic E-state index is 0.139. The van der Waals surface area contributed by atoms with Gasteiger partial charge in [0.05, 0.1) is 5.92 Å². The summed E-state index contributed by atoms with van der Waals surface area (Å²) in [7, 11) is 0. The van der Waals surface area contributed by atoms with Gasteiger partial charge in [0.25, 0.3) is 0 Å². The van der Waals surface area contributed by atoms with Crippen LogP contribution in [0.1, 0.15) is 33.1 Å². The maximum absolute atomic E-state index is 12.0. The Morgan fingerprint density at radius 3 is 2.59 bits per heavy atom. The summed E-state index contributed by atoms with van der Waals surface area (Å²) in [5.74, 6) is -2.53. The third-order valence-corrected chi connectivity index (χ3v) is 3.25. The first kappa shape index (κ1) is 11.8. The van der Waals surface area contributed by atoms with Crippen LogP contribution in [0.4, 0.5) is 0 Å². The lowest BCUT2D eigenvalue weighted by atomic mass is 9.71. The van der Waals surface area contributed by atoms with Crippen LogP contribution in [-0.4, -0.2) is 22.8 Å². The molecule has 1 amide bonds. The van der Waals surface area contributed by atoms with E-state index in [1.165, 1.54) is 0 Å². The second kappa shape index (κ2) is 3.68. The maximum Gasteiger partial charge on any atom is 0.311 e. The standard InChI is InChI=1S/C12H15NO4/c1-12(2)4-7-10(8(14)5-12)6(11(16)17)3-9(15)13-7/h6H,3-5H2,1-2H3,(H,13,15)(H,16,17)/t6-/m0/s1. The Morgan fingerprint density at radius 1 is 1.35 bits per heavy atom. The van der Waals surface area contributed by atoms with Crippen LogP contribution in [0.3, 0.4) is 0 Å². The van der Waals surface area contributed by atoms with Crippen LogP contribution in [0.25, 0.3) is 0 Å². The molecule has 1 aliphatic carbocycles. The molecule has 92 valence electrons. The van der Waals surface area contributed by atoms with Crippen LogP contribution in [0.5, 0.6) is 0 Å². The number of hydrogen-bond acceptors (Lipinski definition) is 3. The molecule has 2 aliphatic rings. The molecule has 0 saturated carbocycles. The molecule has 0 unspecified atom stereocenters. The molecule has 0 fully saturated rings. The molecule has 0 aromatic heterocycles. The van der Waals surface area contributed by atoms with Crippen LogP contribution >= 0.6 is 0 Å². The Bertz CT molecular complexity index is 447. The van der Waals surface area contributed by atoms with Gasteiger partial charge in [-0.15, -0.1) is 0 Å². The predicted octanol–water partition coefficient (Wildman–Crippen LogP) is 0.850. The van der Waals surface area contributed by atoms with E-state index in [1.807, 2.05) is 13.8 Å². The smallest absolute Gasteiger partial charge is 0.311 e. The monoisotopic (exact) mass is 237 g/mol. The third kappa shape index (κ3) is 2.09. The van der Waals surface area contributed by atoms with Crippen molar-refractivity contribution in [3.63, 3.8) is 0 Å². The van der Waals surface area contributed by atoms with E-state index in [2.05, 4.69) is 5.32 Å². The van der Waals surface area contributed by atoms with Gasteiger partial charge in [-0.3, -0.25) is 14.4 Å². The summed E-state index contributed by atoms with van der Waals surface area (Å²) in [5.41, 5.74) is 0.593. The van der Waals surface area contributed by atoms with Crippen molar-refractivity contribution in [2.24, 2.45) is 11.3 Å². The van der Waals surface area contributed by atoms with E-state index in [0.29, 0.717) is 24.1 Å². The molecule has 1 aliphatic heterocycles. The fraction of sp³-hybridized carbons (Fsp3) is 0.583. The molecular formula is C12H15NO4. The van der Waals surface area contributed by atoms with Crippen LogP contribution in [-0.2, 0) is 14.4 Å². The second-order valence-corrected chi connectivity index (χ2v) is 5.48. The van der Waals surface area contributed by atoms with Gasteiger partial charge < -0.3 is 10.4 Å². The third-order valence-electron chi connectivity index (χ3n) is 3.25. The number of carbonyl (C=O) groups excluding carboxylic acids is 2. The van der Waals surface area contributed by atoms with Crippen molar-refractivity contribution in [3.05, 3.63) is 11.3 Å². The average molecular weight is 237 g/mol. The number of Topliss-reactive ketones (excluding diaryl/α,β-unsaturated/α-hetero) is 1. The van der Waals surface area contributed by atoms with Gasteiger partial charge in [-0.1, -0.05) is 13.8 Å². The molecule has 2 N–H and O–H groups in total. The molecule has 1 heterocycles. The van der Waals surface area contributed by atoms with Crippen LogP contribution in [0, 0.1) is 11.3 Å². The van der Waals surface area contributed by atoms with Gasteiger partial charge in [-0.2, -0.15) is 0 Å². The van der Waals surface area contributed by atoms with E-state index in [0.717, 1.165) is 0 Å². The largest absolute Gasteiger partial charge is 0.481 e. The zero-order valence-electron chi connectivity index (χ0n) is 9.87. The summed E-state index contributed by atoms with van der Waals surface area (Å²) in [6.07, 6.45) is 0.745. The van der Waals surface area contributed by atoms with E-state index in [1.54, 1.807) is 0 Å². The molecule has 0 saturated heterocycles. The van der Waals surface area contributed by atoms with Crippen LogP contribution < -0.4 is 5.32 Å². The number of allylic oxidation sites excluding steroid dienone is 1. The zero-order valence-corrected chi connectivity index (χ0v) is 9.87. The minimum atomic E-state index is -1.10. The normalized spacial score (nSPS) is 27.5. The number of rotatable bonds is 1. The van der Waals surface area contributed by atoms with E-state index < -0.39 is 11.9 Å². The average Bonchev–Trinajstić information content (AvgIpc) is 2.12. The number of carboxylic acid groups (broad SMARTS) is 1. The molecule has 0 bridgehead atoms. The van der Waals surface area contributed by atoms with E-state index in [-0.39, 0.29) is 23.5 Å². The number of ketones is 1. The van der Waals surface area contributed by atoms with Crippen molar-refractivity contribution in [2.45, 2.75) is 33.1 Å². The molecule has 5 nitrogen and oxygen atoms in total. The molecule has 0 aromatic carbocycles. The number of nitrogens with one attached hydrogen (secondary N) is 1. The summed E-state index contributed by atoms with van der Waals surface area (Å²) in [4.78, 5) is 34.5. The lowest BCUT2D eigenvalue weighted by Gasteiger charge is -2.36. The first-order valence-electron chi connectivity index (χ1n) is 5.59. The highest BCUT2D eigenvalue weighted by molar-refractivity contribution is 6.05. The first-order valence-corrected chi connectivity index (χ1v) is 5.59. The number of aliphatic carboxylic acids is 1. The van der Waals surface area contributed by atoms with Gasteiger partial charge in [0.2, 0.25) is 5.91 Å². The summed E-state index contributed by atoms with van der Waals surface area (Å²) < 4.78 is 0. The van der Waals surface area contributed by atoms with Crippen molar-refractivity contribution < 1.29 is 19.5 Å². The van der Waals surface area contributed by atoms with Gasteiger partial charge in [0.1, 0.15) is 0 Å². The van der Waals surface area contributed by atoms with E-state index in [9.17, 15) is 14.4 Å². The summed E-state index contributed by atoms with van der Waals surface area (Å²) in [6.45, 7) is 3.87. The topological polar surface area (TPSA) is 83.5 Å². The molecule has 1 atom stereocenters. The summed E-state index contributed by atoms with van der Waals surface area (Å²) >= 11 is 0. The first-order chi connectivity index (χ1) is 7.80. The maximum atomic E-state index is 12.0. The molecule has 17 heavy (non-hydrogen) atoms. The Morgan fingerprint density at radius 2 is 2.00 bits per heavy atom. The molecular weight excluding hydrogens is 222 g/mol. The highest BCUT2D eigenvalue weighted by Crippen LogP contribution is 2.40. The van der Waals surface area contributed by atoms with Crippen molar-refractivity contribution in [1.82, 2.24) is 5.32 Å². The Hall–Kier alpha value is -1.65. The van der Waals surface area contributed by atoms with Crippen LogP contribution in [0.2, 0.25) is 0 Å². The number of amides is 1. The van der Waals surface area contributed by atoms with Crippen LogP contribution in [0.15, 0.2) is 11.3 Å². The zero-order chi connectivity index (χ0) is 12.8. The van der Waals surface area contributed by atoms with Crippen molar-refractivity contribution in [2.75, 3.05) is 0 Å². The fourth-order valence-corrected chi connectivity index (χ4v) is 2.57. The minimum Gasteiger partial charge on any atom is -0.481 e.